The summed E-state index contributed by atoms with van der Waals surface area (Å²) in [5.74, 6) is 1.49. The van der Waals surface area contributed by atoms with E-state index in [4.69, 9.17) is 13.9 Å². The zero-order valence-corrected chi connectivity index (χ0v) is 20.5. The minimum Gasteiger partial charge on any atom is -0.543 e. The Kier molecular flexibility index (Phi) is 6.60. The molecular formula is C25H32FNO3Si. The molecule has 0 atom stereocenters. The van der Waals surface area contributed by atoms with E-state index in [9.17, 15) is 0 Å². The number of benzene rings is 2. The minimum atomic E-state index is -2.27. The summed E-state index contributed by atoms with van der Waals surface area (Å²) in [6.07, 6.45) is 2.61. The van der Waals surface area contributed by atoms with Gasteiger partial charge in [-0.2, -0.15) is 0 Å². The molecular weight excluding hydrogens is 409 g/mol. The quantitative estimate of drug-likeness (QED) is 0.363. The normalized spacial score (nSPS) is 12.1. The minimum absolute atomic E-state index is 0.0490. The summed E-state index contributed by atoms with van der Waals surface area (Å²) < 4.78 is 33.1. The molecule has 0 saturated carbocycles. The number of hydrogen-bond donors (Lipinski definition) is 0. The molecule has 0 saturated heterocycles. The monoisotopic (exact) mass is 441 g/mol. The van der Waals surface area contributed by atoms with Crippen LogP contribution in [0.1, 0.15) is 34.1 Å². The van der Waals surface area contributed by atoms with Crippen LogP contribution in [0.3, 0.4) is 0 Å². The maximum atomic E-state index is 15.3. The average Bonchev–Trinajstić information content (AvgIpc) is 2.72. The van der Waals surface area contributed by atoms with Crippen molar-refractivity contribution in [2.24, 2.45) is 0 Å². The van der Waals surface area contributed by atoms with Crippen molar-refractivity contribution in [1.82, 2.24) is 4.98 Å². The fourth-order valence-corrected chi connectivity index (χ4v) is 4.06. The largest absolute Gasteiger partial charge is 0.543 e. The van der Waals surface area contributed by atoms with E-state index in [1.807, 2.05) is 31.2 Å². The lowest BCUT2D eigenvalue weighted by Gasteiger charge is -2.37. The standard InChI is InChI=1S/C25H32FNO3Si/c1-8-15-29-21-14-13-20(26)22-23(21)27-16-19(17-9-11-18(28-5)12-10-17)24(22)30-31(6,7)25(2,3)4/h9-14,16H,8,15H2,1-7H3. The summed E-state index contributed by atoms with van der Waals surface area (Å²) >= 11 is 0. The van der Waals surface area contributed by atoms with E-state index in [0.29, 0.717) is 29.0 Å². The van der Waals surface area contributed by atoms with E-state index in [1.165, 1.54) is 6.07 Å². The molecule has 1 aromatic heterocycles. The molecule has 2 aromatic carbocycles. The van der Waals surface area contributed by atoms with Crippen molar-refractivity contribution in [3.63, 3.8) is 0 Å². The van der Waals surface area contributed by atoms with Gasteiger partial charge in [-0.05, 0) is 54.4 Å². The number of hydrogen-bond acceptors (Lipinski definition) is 4. The lowest BCUT2D eigenvalue weighted by atomic mass is 10.0. The number of methoxy groups -OCH3 is 1. The topological polar surface area (TPSA) is 40.6 Å². The second-order valence-corrected chi connectivity index (χ2v) is 13.9. The first kappa shape index (κ1) is 23.1. The van der Waals surface area contributed by atoms with E-state index >= 15 is 4.39 Å². The summed E-state index contributed by atoms with van der Waals surface area (Å²) in [7, 11) is -0.640. The van der Waals surface area contributed by atoms with Crippen LogP contribution in [0.15, 0.2) is 42.6 Å². The highest BCUT2D eigenvalue weighted by Gasteiger charge is 2.40. The molecule has 1 heterocycles. The van der Waals surface area contributed by atoms with Crippen LogP contribution in [-0.2, 0) is 0 Å². The van der Waals surface area contributed by atoms with Crippen molar-refractivity contribution in [3.05, 3.63) is 48.4 Å². The van der Waals surface area contributed by atoms with Crippen LogP contribution in [0, 0.1) is 5.82 Å². The van der Waals surface area contributed by atoms with Crippen LogP contribution in [0.4, 0.5) is 4.39 Å². The maximum Gasteiger partial charge on any atom is 0.250 e. The Morgan fingerprint density at radius 2 is 1.71 bits per heavy atom. The molecule has 0 radical (unpaired) electrons. The third-order valence-electron chi connectivity index (χ3n) is 5.91. The average molecular weight is 442 g/mol. The van der Waals surface area contributed by atoms with Crippen LogP contribution in [0.5, 0.6) is 17.2 Å². The molecule has 0 amide bonds. The molecule has 4 nitrogen and oxygen atoms in total. The molecule has 0 aliphatic carbocycles. The Balaban J connectivity index is 2.28. The number of halogens is 1. The molecule has 166 valence electrons. The first-order chi connectivity index (χ1) is 14.6. The van der Waals surface area contributed by atoms with Gasteiger partial charge in [-0.25, -0.2) is 4.39 Å². The lowest BCUT2D eigenvalue weighted by Crippen LogP contribution is -2.44. The summed E-state index contributed by atoms with van der Waals surface area (Å²) in [6.45, 7) is 13.4. The number of fused-ring (bicyclic) bond motifs is 1. The number of nitrogens with zero attached hydrogens (tertiary/aromatic N) is 1. The van der Waals surface area contributed by atoms with Crippen LogP contribution in [0.2, 0.25) is 18.1 Å². The van der Waals surface area contributed by atoms with Gasteiger partial charge in [-0.15, -0.1) is 0 Å². The summed E-state index contributed by atoms with van der Waals surface area (Å²) in [6, 6.07) is 10.7. The number of ether oxygens (including phenoxy) is 2. The van der Waals surface area contributed by atoms with Gasteiger partial charge in [0.05, 0.1) is 19.1 Å². The van der Waals surface area contributed by atoms with Crippen molar-refractivity contribution >= 4 is 19.2 Å². The molecule has 0 spiro atoms. The molecule has 0 aliphatic heterocycles. The first-order valence-corrected chi connectivity index (χ1v) is 13.6. The van der Waals surface area contributed by atoms with Crippen molar-refractivity contribution in [2.45, 2.75) is 52.2 Å². The lowest BCUT2D eigenvalue weighted by molar-refractivity contribution is 0.320. The summed E-state index contributed by atoms with van der Waals surface area (Å²) in [5.41, 5.74) is 2.13. The highest BCUT2D eigenvalue weighted by atomic mass is 28.4. The predicted octanol–water partition coefficient (Wildman–Crippen LogP) is 7.22. The smallest absolute Gasteiger partial charge is 0.250 e. The first-order valence-electron chi connectivity index (χ1n) is 10.7. The summed E-state index contributed by atoms with van der Waals surface area (Å²) in [4.78, 5) is 4.61. The van der Waals surface area contributed by atoms with Gasteiger partial charge in [0.25, 0.3) is 8.32 Å². The third-order valence-corrected chi connectivity index (χ3v) is 10.2. The fraction of sp³-hybridized carbons (Fsp3) is 0.400. The van der Waals surface area contributed by atoms with Crippen molar-refractivity contribution < 1.29 is 18.3 Å². The second kappa shape index (κ2) is 8.87. The number of aromatic nitrogens is 1. The van der Waals surface area contributed by atoms with Gasteiger partial charge in [0.15, 0.2) is 0 Å². The Morgan fingerprint density at radius 1 is 1.03 bits per heavy atom. The maximum absolute atomic E-state index is 15.3. The van der Waals surface area contributed by atoms with Crippen LogP contribution >= 0.6 is 0 Å². The van der Waals surface area contributed by atoms with Gasteiger partial charge in [-0.1, -0.05) is 39.8 Å². The van der Waals surface area contributed by atoms with Gasteiger partial charge < -0.3 is 13.9 Å². The molecule has 0 bridgehead atoms. The van der Waals surface area contributed by atoms with E-state index < -0.39 is 8.32 Å². The van der Waals surface area contributed by atoms with Crippen LogP contribution in [0.25, 0.3) is 22.0 Å². The third kappa shape index (κ3) is 4.69. The van der Waals surface area contributed by atoms with Crippen molar-refractivity contribution in [2.75, 3.05) is 13.7 Å². The van der Waals surface area contributed by atoms with Crippen molar-refractivity contribution in [3.8, 4) is 28.4 Å². The van der Waals surface area contributed by atoms with Gasteiger partial charge in [0.1, 0.15) is 28.6 Å². The van der Waals surface area contributed by atoms with E-state index in [1.54, 1.807) is 19.4 Å². The van der Waals surface area contributed by atoms with E-state index in [2.05, 4.69) is 38.8 Å². The highest BCUT2D eigenvalue weighted by molar-refractivity contribution is 6.74. The Morgan fingerprint density at radius 3 is 2.29 bits per heavy atom. The van der Waals surface area contributed by atoms with E-state index in [0.717, 1.165) is 23.3 Å². The molecule has 0 fully saturated rings. The van der Waals surface area contributed by atoms with Gasteiger partial charge in [0.2, 0.25) is 0 Å². The Hall–Kier alpha value is -2.60. The summed E-state index contributed by atoms with van der Waals surface area (Å²) in [5, 5.41) is 0.318. The Labute approximate surface area is 185 Å². The fourth-order valence-electron chi connectivity index (χ4n) is 3.03. The molecule has 31 heavy (non-hydrogen) atoms. The highest BCUT2D eigenvalue weighted by Crippen LogP contribution is 2.45. The molecule has 0 aliphatic rings. The molecule has 0 N–H and O–H groups in total. The van der Waals surface area contributed by atoms with Crippen LogP contribution in [-0.4, -0.2) is 27.0 Å². The van der Waals surface area contributed by atoms with Gasteiger partial charge in [0, 0.05) is 11.8 Å². The SMILES string of the molecule is CCCOc1ccc(F)c2c(O[Si](C)(C)C(C)(C)C)c(-c3ccc(OC)cc3)cnc12. The Bertz CT molecular complexity index is 1060. The predicted molar refractivity (Wildman–Crippen MR) is 127 cm³/mol. The zero-order chi connectivity index (χ0) is 22.8. The van der Waals surface area contributed by atoms with Gasteiger partial charge >= 0.3 is 0 Å². The zero-order valence-electron chi connectivity index (χ0n) is 19.5. The van der Waals surface area contributed by atoms with Crippen LogP contribution < -0.4 is 13.9 Å². The molecule has 3 aromatic rings. The van der Waals surface area contributed by atoms with E-state index in [-0.39, 0.29) is 10.9 Å². The number of rotatable bonds is 7. The molecule has 3 rings (SSSR count). The number of pyridine rings is 1. The molecule has 6 heteroatoms. The van der Waals surface area contributed by atoms with Gasteiger partial charge in [-0.3, -0.25) is 4.98 Å². The second-order valence-electron chi connectivity index (χ2n) is 9.21. The molecule has 0 unspecified atom stereocenters. The van der Waals surface area contributed by atoms with Crippen molar-refractivity contribution in [1.29, 1.82) is 0 Å².